The second-order valence-corrected chi connectivity index (χ2v) is 8.16. The Balaban J connectivity index is 1.36. The van der Waals surface area contributed by atoms with Crippen LogP contribution >= 0.6 is 0 Å². The summed E-state index contributed by atoms with van der Waals surface area (Å²) in [6.45, 7) is 1.91. The zero-order chi connectivity index (χ0) is 17.4. The van der Waals surface area contributed by atoms with Crippen molar-refractivity contribution in [2.75, 3.05) is 0 Å². The van der Waals surface area contributed by atoms with Gasteiger partial charge in [0.15, 0.2) is 0 Å². The molecule has 5 rings (SSSR count). The molecule has 0 saturated heterocycles. The normalized spacial score (nSPS) is 35.2. The maximum Gasteiger partial charge on any atom is 0.407 e. The molecular formula is C20H26N2O3. The molecule has 4 saturated carbocycles. The van der Waals surface area contributed by atoms with Crippen LogP contribution in [0.15, 0.2) is 30.3 Å². The monoisotopic (exact) mass is 342 g/mol. The molecule has 0 aromatic heterocycles. The third-order valence-electron chi connectivity index (χ3n) is 6.21. The number of hydrogen-bond acceptors (Lipinski definition) is 3. The molecule has 1 aromatic rings. The fourth-order valence-corrected chi connectivity index (χ4v) is 5.69. The number of hydrogen-bond donors (Lipinski definition) is 2. The molecule has 5 heteroatoms. The second kappa shape index (κ2) is 6.36. The molecule has 1 aromatic carbocycles. The van der Waals surface area contributed by atoms with Crippen molar-refractivity contribution in [1.82, 2.24) is 10.6 Å². The Labute approximate surface area is 148 Å². The zero-order valence-electron chi connectivity index (χ0n) is 14.7. The van der Waals surface area contributed by atoms with Crippen LogP contribution in [-0.4, -0.2) is 23.6 Å². The predicted molar refractivity (Wildman–Crippen MR) is 93.7 cm³/mol. The first kappa shape index (κ1) is 16.4. The first-order chi connectivity index (χ1) is 12.0. The van der Waals surface area contributed by atoms with E-state index in [0.29, 0.717) is 24.4 Å². The van der Waals surface area contributed by atoms with Crippen molar-refractivity contribution >= 4 is 12.0 Å². The Morgan fingerprint density at radius 3 is 2.44 bits per heavy atom. The van der Waals surface area contributed by atoms with E-state index in [9.17, 15) is 9.59 Å². The van der Waals surface area contributed by atoms with E-state index in [1.165, 1.54) is 0 Å². The Morgan fingerprint density at radius 2 is 1.80 bits per heavy atom. The minimum atomic E-state index is -0.324. The molecule has 134 valence electrons. The minimum Gasteiger partial charge on any atom is -0.445 e. The smallest absolute Gasteiger partial charge is 0.407 e. The van der Waals surface area contributed by atoms with Crippen molar-refractivity contribution in [3.63, 3.8) is 0 Å². The lowest BCUT2D eigenvalue weighted by atomic mass is 9.51. The van der Waals surface area contributed by atoms with Gasteiger partial charge in [-0.05, 0) is 55.4 Å². The predicted octanol–water partition coefficient (Wildman–Crippen LogP) is 3.00. The van der Waals surface area contributed by atoms with Gasteiger partial charge in [-0.25, -0.2) is 4.79 Å². The fourth-order valence-electron chi connectivity index (χ4n) is 5.69. The summed E-state index contributed by atoms with van der Waals surface area (Å²) < 4.78 is 5.40. The van der Waals surface area contributed by atoms with E-state index in [1.807, 2.05) is 30.3 Å². The van der Waals surface area contributed by atoms with Gasteiger partial charge in [0.25, 0.3) is 0 Å². The van der Waals surface area contributed by atoms with Crippen LogP contribution in [0, 0.1) is 17.8 Å². The average molecular weight is 342 g/mol. The van der Waals surface area contributed by atoms with Gasteiger partial charge in [-0.2, -0.15) is 0 Å². The topological polar surface area (TPSA) is 67.4 Å². The summed E-state index contributed by atoms with van der Waals surface area (Å²) >= 11 is 0. The number of carbonyl (C=O) groups excluding carboxylic acids is 2. The molecule has 0 spiro atoms. The molecule has 2 N–H and O–H groups in total. The van der Waals surface area contributed by atoms with Gasteiger partial charge in [-0.1, -0.05) is 30.3 Å². The first-order valence-corrected chi connectivity index (χ1v) is 9.29. The number of ether oxygens (including phenoxy) is 1. The maximum atomic E-state index is 12.3. The van der Waals surface area contributed by atoms with E-state index < -0.39 is 0 Å². The fraction of sp³-hybridized carbons (Fsp3) is 0.600. The van der Waals surface area contributed by atoms with E-state index in [-0.39, 0.29) is 23.6 Å². The van der Waals surface area contributed by atoms with Crippen LogP contribution in [0.25, 0.3) is 0 Å². The van der Waals surface area contributed by atoms with Crippen molar-refractivity contribution in [1.29, 1.82) is 0 Å². The SMILES string of the molecule is CC(=O)NC12CC3CC(C1)C(NC(=O)OCc1ccccc1)C(C3)C2. The van der Waals surface area contributed by atoms with Gasteiger partial charge in [0.05, 0.1) is 0 Å². The lowest BCUT2D eigenvalue weighted by Gasteiger charge is -2.60. The molecule has 0 heterocycles. The number of amides is 2. The number of alkyl carbamates (subject to hydrolysis) is 1. The van der Waals surface area contributed by atoms with Gasteiger partial charge in [0.2, 0.25) is 5.91 Å². The van der Waals surface area contributed by atoms with Crippen LogP contribution in [0.4, 0.5) is 4.79 Å². The quantitative estimate of drug-likeness (QED) is 0.884. The van der Waals surface area contributed by atoms with Gasteiger partial charge >= 0.3 is 6.09 Å². The summed E-state index contributed by atoms with van der Waals surface area (Å²) in [5, 5.41) is 6.35. The van der Waals surface area contributed by atoms with Crippen LogP contribution < -0.4 is 10.6 Å². The van der Waals surface area contributed by atoms with Gasteiger partial charge in [0, 0.05) is 18.5 Å². The first-order valence-electron chi connectivity index (χ1n) is 9.29. The highest BCUT2D eigenvalue weighted by Crippen LogP contribution is 2.55. The highest BCUT2D eigenvalue weighted by atomic mass is 16.5. The summed E-state index contributed by atoms with van der Waals surface area (Å²) in [6, 6.07) is 9.91. The van der Waals surface area contributed by atoms with Crippen molar-refractivity contribution in [3.8, 4) is 0 Å². The third kappa shape index (κ3) is 3.37. The average Bonchev–Trinajstić information content (AvgIpc) is 2.55. The van der Waals surface area contributed by atoms with Gasteiger partial charge < -0.3 is 15.4 Å². The van der Waals surface area contributed by atoms with E-state index in [4.69, 9.17) is 4.74 Å². The largest absolute Gasteiger partial charge is 0.445 e. The molecule has 25 heavy (non-hydrogen) atoms. The molecule has 5 nitrogen and oxygen atoms in total. The molecule has 0 radical (unpaired) electrons. The van der Waals surface area contributed by atoms with Crippen LogP contribution in [0.1, 0.15) is 44.6 Å². The van der Waals surface area contributed by atoms with E-state index >= 15 is 0 Å². The third-order valence-corrected chi connectivity index (χ3v) is 6.21. The van der Waals surface area contributed by atoms with E-state index in [0.717, 1.165) is 37.7 Å². The van der Waals surface area contributed by atoms with Crippen LogP contribution in [0.3, 0.4) is 0 Å². The molecule has 0 aliphatic heterocycles. The Kier molecular flexibility index (Phi) is 4.18. The summed E-state index contributed by atoms with van der Waals surface area (Å²) in [4.78, 5) is 23.9. The van der Waals surface area contributed by atoms with Gasteiger partial charge in [0.1, 0.15) is 6.61 Å². The van der Waals surface area contributed by atoms with Crippen LogP contribution in [0.2, 0.25) is 0 Å². The molecule has 2 unspecified atom stereocenters. The number of carbonyl (C=O) groups is 2. The highest BCUT2D eigenvalue weighted by molar-refractivity contribution is 5.74. The van der Waals surface area contributed by atoms with Crippen molar-refractivity contribution in [2.45, 2.75) is 57.2 Å². The minimum absolute atomic E-state index is 0.0333. The zero-order valence-corrected chi connectivity index (χ0v) is 14.7. The molecular weight excluding hydrogens is 316 g/mol. The van der Waals surface area contributed by atoms with Gasteiger partial charge in [-0.15, -0.1) is 0 Å². The number of nitrogens with one attached hydrogen (secondary N) is 2. The molecule has 4 fully saturated rings. The molecule has 2 atom stereocenters. The lowest BCUT2D eigenvalue weighted by Crippen LogP contribution is -2.66. The van der Waals surface area contributed by atoms with Crippen molar-refractivity contribution in [2.24, 2.45) is 17.8 Å². The van der Waals surface area contributed by atoms with Crippen molar-refractivity contribution in [3.05, 3.63) is 35.9 Å². The maximum absolute atomic E-state index is 12.3. The summed E-state index contributed by atoms with van der Waals surface area (Å²) in [6.07, 6.45) is 5.04. The van der Waals surface area contributed by atoms with Crippen LogP contribution in [-0.2, 0) is 16.1 Å². The Hall–Kier alpha value is -2.04. The summed E-state index contributed by atoms with van der Waals surface area (Å²) in [5.74, 6) is 1.64. The highest BCUT2D eigenvalue weighted by Gasteiger charge is 2.56. The summed E-state index contributed by atoms with van der Waals surface area (Å²) in [5.41, 5.74) is 0.960. The lowest BCUT2D eigenvalue weighted by molar-refractivity contribution is -0.125. The summed E-state index contributed by atoms with van der Waals surface area (Å²) in [7, 11) is 0. The van der Waals surface area contributed by atoms with Crippen LogP contribution in [0.5, 0.6) is 0 Å². The van der Waals surface area contributed by atoms with E-state index in [2.05, 4.69) is 10.6 Å². The number of benzene rings is 1. The standard InChI is InChI=1S/C20H26N2O3/c1-13(23)22-20-9-15-7-16(10-20)18(17(8-15)11-20)21-19(24)25-12-14-5-3-2-4-6-14/h2-6,15-18H,7-12H2,1H3,(H,21,24)(H,22,23). The molecule has 4 bridgehead atoms. The molecule has 4 aliphatic rings. The van der Waals surface area contributed by atoms with Gasteiger partial charge in [-0.3, -0.25) is 4.79 Å². The molecule has 4 aliphatic carbocycles. The van der Waals surface area contributed by atoms with Crippen molar-refractivity contribution < 1.29 is 14.3 Å². The van der Waals surface area contributed by atoms with E-state index in [1.54, 1.807) is 6.92 Å². The second-order valence-electron chi connectivity index (χ2n) is 8.16. The Bertz CT molecular complexity index is 644. The molecule has 2 amide bonds. The number of rotatable bonds is 4. The Morgan fingerprint density at radius 1 is 1.12 bits per heavy atom.